The van der Waals surface area contributed by atoms with Crippen molar-refractivity contribution in [1.82, 2.24) is 10.1 Å². The van der Waals surface area contributed by atoms with E-state index in [9.17, 15) is 19.4 Å². The molecule has 0 amide bonds. The number of thiazole rings is 1. The summed E-state index contributed by atoms with van der Waals surface area (Å²) in [7, 11) is 0. The van der Waals surface area contributed by atoms with Crippen LogP contribution in [0.15, 0.2) is 34.9 Å². The number of halogens is 3. The SMILES string of the molecule is O=C(O)c1cc(F)c2nc([C@]3(O)C[C@@H](OCc4c(-c5c(Cl)cccc5Cl)noc4C4CC4)C3)sc2c1. The number of carbonyl (C=O) groups is 1. The first-order valence-corrected chi connectivity index (χ1v) is 12.9. The molecule has 6 rings (SSSR count). The molecule has 2 fully saturated rings. The van der Waals surface area contributed by atoms with Crippen LogP contribution in [0.2, 0.25) is 10.0 Å². The fraction of sp³-hybridized carbons (Fsp3) is 0.320. The number of carboxylic acid groups (broad SMARTS) is 1. The fourth-order valence-electron chi connectivity index (χ4n) is 4.55. The van der Waals surface area contributed by atoms with E-state index in [4.69, 9.17) is 32.5 Å². The summed E-state index contributed by atoms with van der Waals surface area (Å²) < 4.78 is 26.5. The van der Waals surface area contributed by atoms with Crippen LogP contribution in [0.3, 0.4) is 0 Å². The number of ether oxygens (including phenoxy) is 1. The Morgan fingerprint density at radius 3 is 2.64 bits per heavy atom. The molecule has 7 nitrogen and oxygen atoms in total. The summed E-state index contributed by atoms with van der Waals surface area (Å²) in [6.07, 6.45) is 2.30. The first kappa shape index (κ1) is 23.8. The van der Waals surface area contributed by atoms with Gasteiger partial charge in [-0.3, -0.25) is 0 Å². The predicted molar refractivity (Wildman–Crippen MR) is 132 cm³/mol. The second-order valence-corrected chi connectivity index (χ2v) is 11.1. The van der Waals surface area contributed by atoms with Gasteiger partial charge in [0, 0.05) is 29.9 Å². The number of aromatic carboxylic acids is 1. The molecule has 2 saturated carbocycles. The van der Waals surface area contributed by atoms with Gasteiger partial charge in [0.2, 0.25) is 0 Å². The van der Waals surface area contributed by atoms with E-state index < -0.39 is 17.4 Å². The van der Waals surface area contributed by atoms with Gasteiger partial charge in [0.05, 0.1) is 33.0 Å². The summed E-state index contributed by atoms with van der Waals surface area (Å²) in [4.78, 5) is 15.5. The van der Waals surface area contributed by atoms with Crippen LogP contribution in [-0.2, 0) is 16.9 Å². The van der Waals surface area contributed by atoms with E-state index in [-0.39, 0.29) is 42.6 Å². The minimum atomic E-state index is -1.27. The molecule has 2 aromatic carbocycles. The van der Waals surface area contributed by atoms with Crippen molar-refractivity contribution in [2.75, 3.05) is 0 Å². The van der Waals surface area contributed by atoms with Crippen LogP contribution < -0.4 is 0 Å². The van der Waals surface area contributed by atoms with Crippen molar-refractivity contribution in [2.45, 2.75) is 49.9 Å². The fourth-order valence-corrected chi connectivity index (χ4v) is 6.25. The Kier molecular flexibility index (Phi) is 5.81. The van der Waals surface area contributed by atoms with E-state index >= 15 is 0 Å². The molecule has 0 bridgehead atoms. The number of rotatable bonds is 7. The average molecular weight is 549 g/mol. The van der Waals surface area contributed by atoms with Crippen LogP contribution >= 0.6 is 34.5 Å². The molecule has 2 aliphatic carbocycles. The lowest BCUT2D eigenvalue weighted by Gasteiger charge is -2.41. The molecular formula is C25H19Cl2FN2O5S. The molecule has 186 valence electrons. The summed E-state index contributed by atoms with van der Waals surface area (Å²) in [5, 5.41) is 25.8. The van der Waals surface area contributed by atoms with Crippen molar-refractivity contribution in [3.8, 4) is 11.3 Å². The van der Waals surface area contributed by atoms with Crippen molar-refractivity contribution >= 4 is 50.7 Å². The molecule has 36 heavy (non-hydrogen) atoms. The lowest BCUT2D eigenvalue weighted by atomic mass is 9.78. The minimum absolute atomic E-state index is 0.0533. The minimum Gasteiger partial charge on any atom is -0.478 e. The number of aliphatic hydroxyl groups is 1. The molecule has 2 aromatic heterocycles. The van der Waals surface area contributed by atoms with Gasteiger partial charge in [-0.1, -0.05) is 34.4 Å². The number of nitrogens with zero attached hydrogens (tertiary/aromatic N) is 2. The molecule has 0 atom stereocenters. The van der Waals surface area contributed by atoms with Crippen molar-refractivity contribution in [3.63, 3.8) is 0 Å². The Labute approximate surface area is 218 Å². The van der Waals surface area contributed by atoms with Crippen LogP contribution in [0, 0.1) is 5.82 Å². The third kappa shape index (κ3) is 4.09. The number of carboxylic acids is 1. The zero-order valence-electron chi connectivity index (χ0n) is 18.6. The van der Waals surface area contributed by atoms with Crippen LogP contribution in [0.5, 0.6) is 0 Å². The van der Waals surface area contributed by atoms with Gasteiger partial charge in [-0.05, 0) is 37.1 Å². The van der Waals surface area contributed by atoms with E-state index in [1.165, 1.54) is 6.07 Å². The first-order valence-electron chi connectivity index (χ1n) is 11.3. The highest BCUT2D eigenvalue weighted by atomic mass is 35.5. The third-order valence-electron chi connectivity index (χ3n) is 6.65. The van der Waals surface area contributed by atoms with Gasteiger partial charge in [-0.25, -0.2) is 14.2 Å². The molecule has 0 radical (unpaired) electrons. The molecule has 0 unspecified atom stereocenters. The van der Waals surface area contributed by atoms with E-state index in [0.29, 0.717) is 31.0 Å². The maximum absolute atomic E-state index is 14.4. The second-order valence-electron chi connectivity index (χ2n) is 9.25. The third-order valence-corrected chi connectivity index (χ3v) is 8.48. The maximum atomic E-state index is 14.4. The molecule has 11 heteroatoms. The van der Waals surface area contributed by atoms with Crippen molar-refractivity contribution in [1.29, 1.82) is 0 Å². The van der Waals surface area contributed by atoms with Crippen LogP contribution in [0.25, 0.3) is 21.5 Å². The molecule has 0 saturated heterocycles. The lowest BCUT2D eigenvalue weighted by molar-refractivity contribution is -0.149. The highest BCUT2D eigenvalue weighted by Gasteiger charge is 2.47. The zero-order chi connectivity index (χ0) is 25.2. The van der Waals surface area contributed by atoms with Crippen molar-refractivity contribution < 1.29 is 28.7 Å². The highest BCUT2D eigenvalue weighted by Crippen LogP contribution is 2.48. The van der Waals surface area contributed by atoms with Crippen molar-refractivity contribution in [2.24, 2.45) is 0 Å². The Balaban J connectivity index is 1.20. The summed E-state index contributed by atoms with van der Waals surface area (Å²) in [5.74, 6) is -0.892. The molecule has 4 aromatic rings. The van der Waals surface area contributed by atoms with Gasteiger partial charge in [0.15, 0.2) is 5.82 Å². The van der Waals surface area contributed by atoms with Gasteiger partial charge < -0.3 is 19.5 Å². The number of benzene rings is 2. The van der Waals surface area contributed by atoms with E-state index in [1.54, 1.807) is 18.2 Å². The lowest BCUT2D eigenvalue weighted by Crippen LogP contribution is -2.45. The van der Waals surface area contributed by atoms with E-state index in [0.717, 1.165) is 41.6 Å². The quantitative estimate of drug-likeness (QED) is 0.270. The monoisotopic (exact) mass is 548 g/mol. The van der Waals surface area contributed by atoms with Crippen molar-refractivity contribution in [3.05, 3.63) is 68.1 Å². The standard InChI is InChI=1S/C25H19Cl2FN2O5S/c26-15-2-1-3-16(27)19(15)20-14(22(35-30-20)11-4-5-11)10-34-13-8-25(33,9-13)24-29-21-17(28)6-12(23(31)32)7-18(21)36-24/h1-3,6-7,11,13,33H,4-5,8-10H2,(H,31,32)/t13-,25+. The largest absolute Gasteiger partial charge is 0.478 e. The molecule has 0 aliphatic heterocycles. The number of hydrogen-bond donors (Lipinski definition) is 2. The number of hydrogen-bond acceptors (Lipinski definition) is 7. The van der Waals surface area contributed by atoms with Gasteiger partial charge in [0.25, 0.3) is 0 Å². The number of fused-ring (bicyclic) bond motifs is 1. The second kappa shape index (κ2) is 8.78. The normalized spacial score (nSPS) is 21.6. The Hall–Kier alpha value is -2.56. The van der Waals surface area contributed by atoms with Gasteiger partial charge in [-0.15, -0.1) is 11.3 Å². The first-order chi connectivity index (χ1) is 17.2. The van der Waals surface area contributed by atoms with Gasteiger partial charge in [0.1, 0.15) is 27.6 Å². The molecule has 2 N–H and O–H groups in total. The van der Waals surface area contributed by atoms with Crippen LogP contribution in [0.4, 0.5) is 4.39 Å². The van der Waals surface area contributed by atoms with Gasteiger partial charge in [-0.2, -0.15) is 0 Å². The zero-order valence-corrected chi connectivity index (χ0v) is 21.0. The molecule has 0 spiro atoms. The average Bonchev–Trinajstić information content (AvgIpc) is 3.41. The molecule has 2 heterocycles. The summed E-state index contributed by atoms with van der Waals surface area (Å²) in [6, 6.07) is 7.54. The van der Waals surface area contributed by atoms with Crippen LogP contribution in [0.1, 0.15) is 58.3 Å². The Bertz CT molecular complexity index is 1490. The maximum Gasteiger partial charge on any atom is 0.335 e. The van der Waals surface area contributed by atoms with E-state index in [2.05, 4.69) is 10.1 Å². The van der Waals surface area contributed by atoms with E-state index in [1.807, 2.05) is 0 Å². The topological polar surface area (TPSA) is 106 Å². The molecule has 2 aliphatic rings. The summed E-state index contributed by atoms with van der Waals surface area (Å²) in [6.45, 7) is 0.212. The highest BCUT2D eigenvalue weighted by molar-refractivity contribution is 7.18. The number of aromatic nitrogens is 2. The predicted octanol–water partition coefficient (Wildman–Crippen LogP) is 6.54. The smallest absolute Gasteiger partial charge is 0.335 e. The van der Waals surface area contributed by atoms with Crippen LogP contribution in [-0.4, -0.2) is 32.4 Å². The summed E-state index contributed by atoms with van der Waals surface area (Å²) in [5.41, 5.74) is 0.568. The Morgan fingerprint density at radius 2 is 1.97 bits per heavy atom. The summed E-state index contributed by atoms with van der Waals surface area (Å²) >= 11 is 13.9. The van der Waals surface area contributed by atoms with Gasteiger partial charge >= 0.3 is 5.97 Å². The Morgan fingerprint density at radius 1 is 1.25 bits per heavy atom. The molecular weight excluding hydrogens is 530 g/mol.